The number of nitrogens with one attached hydrogen (secondary N) is 1. The van der Waals surface area contributed by atoms with Crippen LogP contribution >= 0.6 is 0 Å². The van der Waals surface area contributed by atoms with Gasteiger partial charge in [0, 0.05) is 45.1 Å². The SMILES string of the molecule is CC(C)c1nc2ccc(C(=O)N3CCC4(CC3)C[C@@](C)(O)[C@H](n3cnc5c3c(=O)n(C)c(=O)n5C)CO4)cc2[nH]1. The lowest BCUT2D eigenvalue weighted by Gasteiger charge is -2.51. The molecular weight excluding hydrogens is 514 g/mol. The van der Waals surface area contributed by atoms with Crippen molar-refractivity contribution in [3.8, 4) is 0 Å². The van der Waals surface area contributed by atoms with Crippen LogP contribution in [0.25, 0.3) is 22.2 Å². The maximum absolute atomic E-state index is 13.4. The molecule has 1 amide bonds. The van der Waals surface area contributed by atoms with Crippen molar-refractivity contribution in [3.63, 3.8) is 0 Å². The summed E-state index contributed by atoms with van der Waals surface area (Å²) in [6, 6.07) is 5.00. The number of amides is 1. The Hall–Kier alpha value is -3.77. The number of fused-ring (bicyclic) bond motifs is 2. The van der Waals surface area contributed by atoms with Crippen LogP contribution in [0, 0.1) is 0 Å². The number of piperidine rings is 1. The first-order chi connectivity index (χ1) is 18.9. The van der Waals surface area contributed by atoms with E-state index in [1.54, 1.807) is 18.5 Å². The van der Waals surface area contributed by atoms with Crippen LogP contribution < -0.4 is 11.2 Å². The van der Waals surface area contributed by atoms with E-state index < -0.39 is 28.5 Å². The molecule has 5 heterocycles. The first kappa shape index (κ1) is 26.5. The van der Waals surface area contributed by atoms with Crippen LogP contribution in [0.3, 0.4) is 0 Å². The lowest BCUT2D eigenvalue weighted by molar-refractivity contribution is -0.194. The Kier molecular flexibility index (Phi) is 6.04. The second-order valence-electron chi connectivity index (χ2n) is 11.9. The van der Waals surface area contributed by atoms with E-state index in [2.05, 4.69) is 28.8 Å². The molecule has 2 saturated heterocycles. The molecule has 2 aliphatic rings. The number of hydrogen-bond acceptors (Lipinski definition) is 7. The van der Waals surface area contributed by atoms with Crippen molar-refractivity contribution in [3.05, 3.63) is 56.8 Å². The molecule has 1 spiro atoms. The number of carbonyl (C=O) groups is 1. The smallest absolute Gasteiger partial charge is 0.332 e. The number of rotatable bonds is 3. The van der Waals surface area contributed by atoms with E-state index in [1.165, 1.54) is 17.9 Å². The number of aliphatic hydroxyl groups is 1. The fraction of sp³-hybridized carbons (Fsp3) is 0.536. The van der Waals surface area contributed by atoms with Gasteiger partial charge in [0.25, 0.3) is 11.5 Å². The number of nitrogens with zero attached hydrogens (tertiary/aromatic N) is 6. The Morgan fingerprint density at radius 3 is 2.58 bits per heavy atom. The van der Waals surface area contributed by atoms with Gasteiger partial charge in [-0.05, 0) is 38.0 Å². The summed E-state index contributed by atoms with van der Waals surface area (Å²) in [5.74, 6) is 1.13. The summed E-state index contributed by atoms with van der Waals surface area (Å²) in [5, 5.41) is 11.7. The van der Waals surface area contributed by atoms with Crippen LogP contribution in [0.5, 0.6) is 0 Å². The third kappa shape index (κ3) is 4.08. The molecule has 4 aromatic rings. The average Bonchev–Trinajstić information content (AvgIpc) is 3.55. The topological polar surface area (TPSA) is 140 Å². The van der Waals surface area contributed by atoms with Gasteiger partial charge in [-0.1, -0.05) is 13.8 Å². The number of H-pyrrole nitrogens is 1. The lowest BCUT2D eigenvalue weighted by atomic mass is 9.75. The van der Waals surface area contributed by atoms with E-state index >= 15 is 0 Å². The van der Waals surface area contributed by atoms with Gasteiger partial charge in [-0.15, -0.1) is 0 Å². The molecule has 12 nitrogen and oxygen atoms in total. The molecule has 212 valence electrons. The van der Waals surface area contributed by atoms with Gasteiger partial charge in [-0.3, -0.25) is 18.7 Å². The molecule has 0 bridgehead atoms. The minimum Gasteiger partial charge on any atom is -0.388 e. The summed E-state index contributed by atoms with van der Waals surface area (Å²) >= 11 is 0. The molecule has 40 heavy (non-hydrogen) atoms. The summed E-state index contributed by atoms with van der Waals surface area (Å²) in [6.07, 6.45) is 3.02. The third-order valence-electron chi connectivity index (χ3n) is 8.71. The van der Waals surface area contributed by atoms with E-state index in [-0.39, 0.29) is 29.6 Å². The van der Waals surface area contributed by atoms with Gasteiger partial charge in [-0.25, -0.2) is 14.8 Å². The number of aryl methyl sites for hydroxylation is 1. The van der Waals surface area contributed by atoms with Crippen LogP contribution in [-0.2, 0) is 18.8 Å². The molecule has 2 N–H and O–H groups in total. The number of likely N-dealkylation sites (tertiary alicyclic amines) is 1. The molecule has 12 heteroatoms. The molecule has 2 fully saturated rings. The molecule has 2 aliphatic heterocycles. The molecule has 3 aromatic heterocycles. The number of carbonyl (C=O) groups excluding carboxylic acids is 1. The number of hydrogen-bond donors (Lipinski definition) is 2. The standard InChI is InChI=1S/C28H35N7O5/c1-16(2)22-30-18-7-6-17(12-19(18)31-22)24(36)34-10-8-28(9-11-34)14-27(3,39)20(13-40-28)35-15-29-23-21(35)25(37)33(5)26(38)32(23)4/h6-7,12,15-16,20,39H,8-11,13-14H2,1-5H3,(H,30,31)/t20-,27-/m1/s1. The second kappa shape index (κ2) is 9.13. The molecular formula is C28H35N7O5. The lowest BCUT2D eigenvalue weighted by Crippen LogP contribution is -2.58. The minimum absolute atomic E-state index is 0.0377. The van der Waals surface area contributed by atoms with Gasteiger partial charge >= 0.3 is 5.69 Å². The Morgan fingerprint density at radius 2 is 1.90 bits per heavy atom. The fourth-order valence-corrected chi connectivity index (χ4v) is 6.29. The molecule has 0 saturated carbocycles. The van der Waals surface area contributed by atoms with E-state index in [1.807, 2.05) is 23.1 Å². The fourth-order valence-electron chi connectivity index (χ4n) is 6.29. The Labute approximate surface area is 230 Å². The monoisotopic (exact) mass is 549 g/mol. The van der Waals surface area contributed by atoms with Crippen molar-refractivity contribution >= 4 is 28.1 Å². The molecule has 0 radical (unpaired) electrons. The zero-order valence-corrected chi connectivity index (χ0v) is 23.5. The van der Waals surface area contributed by atoms with E-state index in [0.29, 0.717) is 37.9 Å². The third-order valence-corrected chi connectivity index (χ3v) is 8.71. The number of imidazole rings is 2. The van der Waals surface area contributed by atoms with Crippen molar-refractivity contribution in [2.24, 2.45) is 14.1 Å². The zero-order valence-electron chi connectivity index (χ0n) is 23.5. The van der Waals surface area contributed by atoms with Crippen molar-refractivity contribution in [1.82, 2.24) is 33.6 Å². The van der Waals surface area contributed by atoms with Crippen molar-refractivity contribution in [1.29, 1.82) is 0 Å². The van der Waals surface area contributed by atoms with Gasteiger partial charge in [0.2, 0.25) is 0 Å². The molecule has 2 atom stereocenters. The van der Waals surface area contributed by atoms with Crippen LogP contribution in [0.15, 0.2) is 34.1 Å². The van der Waals surface area contributed by atoms with Crippen LogP contribution in [0.4, 0.5) is 0 Å². The Morgan fingerprint density at radius 1 is 1.18 bits per heavy atom. The highest BCUT2D eigenvalue weighted by Crippen LogP contribution is 2.44. The number of ether oxygens (including phenoxy) is 1. The molecule has 6 rings (SSSR count). The summed E-state index contributed by atoms with van der Waals surface area (Å²) < 4.78 is 10.4. The number of benzene rings is 1. The van der Waals surface area contributed by atoms with Gasteiger partial charge < -0.3 is 24.3 Å². The summed E-state index contributed by atoms with van der Waals surface area (Å²) in [7, 11) is 2.99. The molecule has 1 aromatic carbocycles. The Balaban J connectivity index is 1.19. The van der Waals surface area contributed by atoms with Crippen molar-refractivity contribution in [2.45, 2.75) is 63.2 Å². The van der Waals surface area contributed by atoms with Crippen LogP contribution in [0.1, 0.15) is 68.2 Å². The van der Waals surface area contributed by atoms with Crippen LogP contribution in [0.2, 0.25) is 0 Å². The van der Waals surface area contributed by atoms with E-state index in [4.69, 9.17) is 4.74 Å². The first-order valence-electron chi connectivity index (χ1n) is 13.7. The minimum atomic E-state index is -1.21. The van der Waals surface area contributed by atoms with Crippen molar-refractivity contribution in [2.75, 3.05) is 19.7 Å². The highest BCUT2D eigenvalue weighted by atomic mass is 16.5. The van der Waals surface area contributed by atoms with Gasteiger partial charge in [0.1, 0.15) is 5.82 Å². The largest absolute Gasteiger partial charge is 0.388 e. The van der Waals surface area contributed by atoms with Gasteiger partial charge in [-0.2, -0.15) is 0 Å². The predicted molar refractivity (Wildman–Crippen MR) is 148 cm³/mol. The van der Waals surface area contributed by atoms with E-state index in [0.717, 1.165) is 21.4 Å². The average molecular weight is 550 g/mol. The maximum atomic E-state index is 13.4. The summed E-state index contributed by atoms with van der Waals surface area (Å²) in [5.41, 5.74) is 0.115. The number of aromatic nitrogens is 6. The first-order valence-corrected chi connectivity index (χ1v) is 13.7. The highest BCUT2D eigenvalue weighted by molar-refractivity contribution is 5.97. The number of aromatic amines is 1. The summed E-state index contributed by atoms with van der Waals surface area (Å²) in [4.78, 5) is 52.7. The predicted octanol–water partition coefficient (Wildman–Crippen LogP) is 1.82. The maximum Gasteiger partial charge on any atom is 0.332 e. The normalized spacial score (nSPS) is 23.1. The Bertz CT molecular complexity index is 1750. The summed E-state index contributed by atoms with van der Waals surface area (Å²) in [6.45, 7) is 7.09. The highest BCUT2D eigenvalue weighted by Gasteiger charge is 2.50. The van der Waals surface area contributed by atoms with E-state index in [9.17, 15) is 19.5 Å². The second-order valence-corrected chi connectivity index (χ2v) is 11.9. The van der Waals surface area contributed by atoms with Gasteiger partial charge in [0.15, 0.2) is 11.2 Å². The molecule has 0 aliphatic carbocycles. The van der Waals surface area contributed by atoms with Crippen LogP contribution in [-0.4, -0.2) is 75.5 Å². The zero-order chi connectivity index (χ0) is 28.6. The molecule has 0 unspecified atom stereocenters. The van der Waals surface area contributed by atoms with Gasteiger partial charge in [0.05, 0.1) is 41.2 Å². The van der Waals surface area contributed by atoms with Crippen molar-refractivity contribution < 1.29 is 14.6 Å². The quantitative estimate of drug-likeness (QED) is 0.397.